The van der Waals surface area contributed by atoms with Crippen LogP contribution in [0.25, 0.3) is 0 Å². The van der Waals surface area contributed by atoms with E-state index in [0.717, 1.165) is 0 Å². The number of aromatic nitrogens is 2. The largest absolute Gasteiger partial charge is 0.453 e. The zero-order valence-electron chi connectivity index (χ0n) is 7.38. The summed E-state index contributed by atoms with van der Waals surface area (Å²) in [6, 6.07) is 2.19. The van der Waals surface area contributed by atoms with E-state index in [1.807, 2.05) is 16.9 Å². The Morgan fingerprint density at radius 3 is 2.92 bits per heavy atom. The fraction of sp³-hybridized carbons (Fsp3) is 0.500. The van der Waals surface area contributed by atoms with Crippen LogP contribution in [0.1, 0.15) is 6.04 Å². The topological polar surface area (TPSA) is 47.4 Å². The summed E-state index contributed by atoms with van der Waals surface area (Å²) < 4.78 is 6.44. The number of carbonyl (C=O) groups excluding carboxylic acids is 1. The van der Waals surface area contributed by atoms with Crippen molar-refractivity contribution in [3.05, 3.63) is 18.5 Å². The standard InChI is InChI=1S/C8H11N3O2/c1-13-8(12)10-5-7(6-10)11-4-2-3-9-11/h2-4,7H,5-6H2,1H3. The summed E-state index contributed by atoms with van der Waals surface area (Å²) in [6.07, 6.45) is 3.38. The van der Waals surface area contributed by atoms with Gasteiger partial charge in [-0.05, 0) is 6.07 Å². The molecule has 0 spiro atoms. The third kappa shape index (κ3) is 1.37. The van der Waals surface area contributed by atoms with E-state index in [4.69, 9.17) is 0 Å². The van der Waals surface area contributed by atoms with E-state index >= 15 is 0 Å². The van der Waals surface area contributed by atoms with Gasteiger partial charge in [-0.15, -0.1) is 0 Å². The SMILES string of the molecule is COC(=O)N1CC(n2cccn2)C1. The average Bonchev–Trinajstić information content (AvgIpc) is 2.54. The van der Waals surface area contributed by atoms with Gasteiger partial charge in [0.2, 0.25) is 0 Å². The van der Waals surface area contributed by atoms with Crippen LogP contribution in [-0.4, -0.2) is 41.0 Å². The number of hydrogen-bond donors (Lipinski definition) is 0. The smallest absolute Gasteiger partial charge is 0.409 e. The van der Waals surface area contributed by atoms with Crippen molar-refractivity contribution in [2.75, 3.05) is 20.2 Å². The summed E-state index contributed by atoms with van der Waals surface area (Å²) in [5.74, 6) is 0. The van der Waals surface area contributed by atoms with Gasteiger partial charge in [0.15, 0.2) is 0 Å². The molecule has 5 nitrogen and oxygen atoms in total. The van der Waals surface area contributed by atoms with Gasteiger partial charge in [0.25, 0.3) is 0 Å². The Bertz CT molecular complexity index is 290. The van der Waals surface area contributed by atoms with Crippen LogP contribution in [0.2, 0.25) is 0 Å². The molecule has 1 fully saturated rings. The fourth-order valence-electron chi connectivity index (χ4n) is 1.40. The van der Waals surface area contributed by atoms with Gasteiger partial charge in [-0.1, -0.05) is 0 Å². The highest BCUT2D eigenvalue weighted by molar-refractivity contribution is 5.68. The number of carbonyl (C=O) groups is 1. The minimum Gasteiger partial charge on any atom is -0.453 e. The van der Waals surface area contributed by atoms with Gasteiger partial charge < -0.3 is 9.64 Å². The molecule has 1 aromatic heterocycles. The van der Waals surface area contributed by atoms with E-state index in [2.05, 4.69) is 9.84 Å². The molecule has 0 radical (unpaired) electrons. The molecule has 5 heteroatoms. The van der Waals surface area contributed by atoms with Crippen LogP contribution < -0.4 is 0 Å². The molecule has 0 N–H and O–H groups in total. The Hall–Kier alpha value is -1.52. The van der Waals surface area contributed by atoms with Gasteiger partial charge in [-0.25, -0.2) is 4.79 Å². The van der Waals surface area contributed by atoms with E-state index in [1.165, 1.54) is 7.11 Å². The monoisotopic (exact) mass is 181 g/mol. The Labute approximate surface area is 75.9 Å². The molecule has 0 saturated carbocycles. The van der Waals surface area contributed by atoms with Gasteiger partial charge >= 0.3 is 6.09 Å². The highest BCUT2D eigenvalue weighted by atomic mass is 16.5. The van der Waals surface area contributed by atoms with Gasteiger partial charge in [0, 0.05) is 25.5 Å². The highest BCUT2D eigenvalue weighted by Crippen LogP contribution is 2.20. The Balaban J connectivity index is 1.89. The summed E-state index contributed by atoms with van der Waals surface area (Å²) in [5.41, 5.74) is 0. The molecule has 1 aromatic rings. The van der Waals surface area contributed by atoms with Crippen LogP contribution in [0, 0.1) is 0 Å². The first-order valence-electron chi connectivity index (χ1n) is 4.13. The number of rotatable bonds is 1. The Morgan fingerprint density at radius 2 is 2.38 bits per heavy atom. The fourth-order valence-corrected chi connectivity index (χ4v) is 1.40. The molecular formula is C8H11N3O2. The third-order valence-corrected chi connectivity index (χ3v) is 2.19. The van der Waals surface area contributed by atoms with Crippen LogP contribution >= 0.6 is 0 Å². The molecule has 0 aliphatic carbocycles. The van der Waals surface area contributed by atoms with Crippen molar-refractivity contribution in [3.63, 3.8) is 0 Å². The van der Waals surface area contributed by atoms with Crippen molar-refractivity contribution in [1.29, 1.82) is 0 Å². The molecule has 1 amide bonds. The molecule has 1 saturated heterocycles. The van der Waals surface area contributed by atoms with Crippen molar-refractivity contribution in [2.24, 2.45) is 0 Å². The molecule has 0 bridgehead atoms. The van der Waals surface area contributed by atoms with Gasteiger partial charge in [0.05, 0.1) is 13.2 Å². The number of likely N-dealkylation sites (tertiary alicyclic amines) is 1. The Kier molecular flexibility index (Phi) is 1.92. The lowest BCUT2D eigenvalue weighted by molar-refractivity contribution is 0.0674. The molecule has 13 heavy (non-hydrogen) atoms. The zero-order chi connectivity index (χ0) is 9.26. The minimum absolute atomic E-state index is 0.261. The van der Waals surface area contributed by atoms with Crippen LogP contribution in [0.3, 0.4) is 0 Å². The van der Waals surface area contributed by atoms with E-state index in [0.29, 0.717) is 19.1 Å². The first kappa shape index (κ1) is 8.10. The second-order valence-corrected chi connectivity index (χ2v) is 3.01. The number of methoxy groups -OCH3 is 1. The van der Waals surface area contributed by atoms with Gasteiger partial charge in [0.1, 0.15) is 0 Å². The number of amides is 1. The predicted molar refractivity (Wildman–Crippen MR) is 45.2 cm³/mol. The number of hydrogen-bond acceptors (Lipinski definition) is 3. The van der Waals surface area contributed by atoms with Crippen LogP contribution in [-0.2, 0) is 4.74 Å². The second-order valence-electron chi connectivity index (χ2n) is 3.01. The lowest BCUT2D eigenvalue weighted by atomic mass is 10.1. The lowest BCUT2D eigenvalue weighted by Crippen LogP contribution is -2.50. The number of ether oxygens (including phenoxy) is 1. The minimum atomic E-state index is -0.261. The number of nitrogens with zero attached hydrogens (tertiary/aromatic N) is 3. The molecule has 0 aromatic carbocycles. The lowest BCUT2D eigenvalue weighted by Gasteiger charge is -2.37. The molecule has 2 heterocycles. The highest BCUT2D eigenvalue weighted by Gasteiger charge is 2.32. The van der Waals surface area contributed by atoms with E-state index in [1.54, 1.807) is 11.1 Å². The zero-order valence-corrected chi connectivity index (χ0v) is 7.38. The van der Waals surface area contributed by atoms with Crippen LogP contribution in [0.4, 0.5) is 4.79 Å². The summed E-state index contributed by atoms with van der Waals surface area (Å²) >= 11 is 0. The van der Waals surface area contributed by atoms with Crippen molar-refractivity contribution in [3.8, 4) is 0 Å². The predicted octanol–water partition coefficient (Wildman–Crippen LogP) is 0.506. The van der Waals surface area contributed by atoms with Crippen LogP contribution in [0.15, 0.2) is 18.5 Å². The quantitative estimate of drug-likeness (QED) is 0.634. The second kappa shape index (κ2) is 3.08. The van der Waals surface area contributed by atoms with Crippen molar-refractivity contribution in [1.82, 2.24) is 14.7 Å². The first-order valence-corrected chi connectivity index (χ1v) is 4.13. The van der Waals surface area contributed by atoms with E-state index < -0.39 is 0 Å². The molecule has 1 aliphatic rings. The summed E-state index contributed by atoms with van der Waals surface area (Å²) in [5, 5.41) is 4.10. The van der Waals surface area contributed by atoms with Gasteiger partial charge in [-0.2, -0.15) is 5.10 Å². The van der Waals surface area contributed by atoms with Crippen molar-refractivity contribution >= 4 is 6.09 Å². The molecule has 0 atom stereocenters. The average molecular weight is 181 g/mol. The third-order valence-electron chi connectivity index (χ3n) is 2.19. The molecule has 70 valence electrons. The van der Waals surface area contributed by atoms with Crippen molar-refractivity contribution < 1.29 is 9.53 Å². The molecule has 1 aliphatic heterocycles. The maximum Gasteiger partial charge on any atom is 0.409 e. The van der Waals surface area contributed by atoms with E-state index in [9.17, 15) is 4.79 Å². The maximum absolute atomic E-state index is 11.0. The molecular weight excluding hydrogens is 170 g/mol. The van der Waals surface area contributed by atoms with Gasteiger partial charge in [-0.3, -0.25) is 4.68 Å². The summed E-state index contributed by atoms with van der Waals surface area (Å²) in [7, 11) is 1.39. The molecule has 2 rings (SSSR count). The van der Waals surface area contributed by atoms with E-state index in [-0.39, 0.29) is 6.09 Å². The first-order chi connectivity index (χ1) is 6.31. The van der Waals surface area contributed by atoms with Crippen LogP contribution in [0.5, 0.6) is 0 Å². The summed E-state index contributed by atoms with van der Waals surface area (Å²) in [6.45, 7) is 1.38. The maximum atomic E-state index is 11.0. The normalized spacial score (nSPS) is 16.8. The van der Waals surface area contributed by atoms with Crippen molar-refractivity contribution in [2.45, 2.75) is 6.04 Å². The summed E-state index contributed by atoms with van der Waals surface area (Å²) in [4.78, 5) is 12.6. The Morgan fingerprint density at radius 1 is 1.62 bits per heavy atom. The molecule has 0 unspecified atom stereocenters.